The van der Waals surface area contributed by atoms with Gasteiger partial charge in [-0.1, -0.05) is 0 Å². The van der Waals surface area contributed by atoms with E-state index in [1.807, 2.05) is 0 Å². The zero-order valence-electron chi connectivity index (χ0n) is 10.2. The molecule has 2 aliphatic rings. The van der Waals surface area contributed by atoms with E-state index in [-0.39, 0.29) is 12.6 Å². The molecule has 0 saturated carbocycles. The minimum Gasteiger partial charge on any atom is -0.394 e. The van der Waals surface area contributed by atoms with E-state index in [9.17, 15) is 15.0 Å². The maximum Gasteiger partial charge on any atom is 0.319 e. The number of hydrogen-bond acceptors (Lipinski definition) is 5. The third-order valence-electron chi connectivity index (χ3n) is 3.44. The van der Waals surface area contributed by atoms with Crippen molar-refractivity contribution in [2.24, 2.45) is 0 Å². The third-order valence-corrected chi connectivity index (χ3v) is 3.44. The number of rotatable bonds is 2. The summed E-state index contributed by atoms with van der Waals surface area (Å²) in [5.74, 6) is 0. The summed E-state index contributed by atoms with van der Waals surface area (Å²) in [5, 5.41) is 31.3. The molecule has 2 saturated heterocycles. The van der Waals surface area contributed by atoms with Gasteiger partial charge in [-0.2, -0.15) is 0 Å². The van der Waals surface area contributed by atoms with Crippen molar-refractivity contribution < 1.29 is 24.9 Å². The normalized spacial score (nSPS) is 38.2. The van der Waals surface area contributed by atoms with Crippen molar-refractivity contribution in [2.45, 2.75) is 43.8 Å². The van der Waals surface area contributed by atoms with Gasteiger partial charge in [0.15, 0.2) is 6.23 Å². The summed E-state index contributed by atoms with van der Waals surface area (Å²) in [6.45, 7) is 0.687. The van der Waals surface area contributed by atoms with E-state index < -0.39 is 24.5 Å². The molecular formula is C11H20N2O5. The molecule has 7 heteroatoms. The fraction of sp³-hybridized carbons (Fsp3) is 0.909. The zero-order chi connectivity index (χ0) is 13.1. The average molecular weight is 260 g/mol. The van der Waals surface area contributed by atoms with Crippen LogP contribution >= 0.6 is 0 Å². The molecule has 4 atom stereocenters. The van der Waals surface area contributed by atoms with Crippen LogP contribution in [0.25, 0.3) is 0 Å². The molecule has 0 aromatic heterocycles. The molecule has 2 heterocycles. The van der Waals surface area contributed by atoms with Crippen LogP contribution in [0.2, 0.25) is 0 Å². The minimum atomic E-state index is -1.19. The summed E-state index contributed by atoms with van der Waals surface area (Å²) in [6, 6.07) is -0.301. The molecule has 2 fully saturated rings. The van der Waals surface area contributed by atoms with Crippen molar-refractivity contribution >= 4 is 6.03 Å². The first kappa shape index (κ1) is 13.5. The first-order chi connectivity index (χ1) is 8.65. The van der Waals surface area contributed by atoms with Crippen LogP contribution < -0.4 is 5.32 Å². The molecule has 0 radical (unpaired) electrons. The van der Waals surface area contributed by atoms with Crippen LogP contribution in [0.3, 0.4) is 0 Å². The van der Waals surface area contributed by atoms with Crippen LogP contribution in [-0.2, 0) is 4.74 Å². The first-order valence-electron chi connectivity index (χ1n) is 6.32. The van der Waals surface area contributed by atoms with Crippen molar-refractivity contribution in [1.82, 2.24) is 10.2 Å². The molecule has 2 rings (SSSR count). The van der Waals surface area contributed by atoms with Gasteiger partial charge in [-0.3, -0.25) is 4.90 Å². The molecule has 7 nitrogen and oxygen atoms in total. The van der Waals surface area contributed by atoms with Crippen molar-refractivity contribution in [3.8, 4) is 0 Å². The monoisotopic (exact) mass is 260 g/mol. The lowest BCUT2D eigenvalue weighted by Crippen LogP contribution is -2.52. The Balaban J connectivity index is 2.06. The van der Waals surface area contributed by atoms with E-state index in [1.54, 1.807) is 0 Å². The second-order valence-electron chi connectivity index (χ2n) is 4.71. The third kappa shape index (κ3) is 2.59. The largest absolute Gasteiger partial charge is 0.394 e. The summed E-state index contributed by atoms with van der Waals surface area (Å²) in [5.41, 5.74) is 0. The molecular weight excluding hydrogens is 240 g/mol. The SMILES string of the molecule is O=C1NCCCCCN1C1O[C@H](CO)[C@@H](O)[C@H]1O. The van der Waals surface area contributed by atoms with Crippen LogP contribution in [0.5, 0.6) is 0 Å². The van der Waals surface area contributed by atoms with Crippen LogP contribution in [0, 0.1) is 0 Å². The van der Waals surface area contributed by atoms with E-state index in [4.69, 9.17) is 9.84 Å². The molecule has 18 heavy (non-hydrogen) atoms. The topological polar surface area (TPSA) is 102 Å². The Hall–Kier alpha value is -0.890. The molecule has 2 amide bonds. The predicted molar refractivity (Wildman–Crippen MR) is 61.7 cm³/mol. The summed E-state index contributed by atoms with van der Waals surface area (Å²) in [6.07, 6.45) is -1.33. The van der Waals surface area contributed by atoms with E-state index in [0.717, 1.165) is 19.3 Å². The number of urea groups is 1. The maximum absolute atomic E-state index is 11.9. The first-order valence-corrected chi connectivity index (χ1v) is 6.32. The van der Waals surface area contributed by atoms with Crippen molar-refractivity contribution in [3.05, 3.63) is 0 Å². The summed E-state index contributed by atoms with van der Waals surface area (Å²) in [4.78, 5) is 13.3. The lowest BCUT2D eigenvalue weighted by Gasteiger charge is -2.31. The van der Waals surface area contributed by atoms with Gasteiger partial charge in [0.05, 0.1) is 6.61 Å². The highest BCUT2D eigenvalue weighted by Crippen LogP contribution is 2.24. The number of aliphatic hydroxyl groups excluding tert-OH is 3. The maximum atomic E-state index is 11.9. The van der Waals surface area contributed by atoms with Gasteiger partial charge in [0.2, 0.25) is 0 Å². The lowest BCUT2D eigenvalue weighted by molar-refractivity contribution is -0.0801. The Kier molecular flexibility index (Phi) is 4.39. The molecule has 0 bridgehead atoms. The number of nitrogens with zero attached hydrogens (tertiary/aromatic N) is 1. The van der Waals surface area contributed by atoms with E-state index >= 15 is 0 Å². The summed E-state index contributed by atoms with van der Waals surface area (Å²) < 4.78 is 5.36. The van der Waals surface area contributed by atoms with Crippen molar-refractivity contribution in [1.29, 1.82) is 0 Å². The Labute approximate surface area is 105 Å². The molecule has 0 spiro atoms. The van der Waals surface area contributed by atoms with Crippen LogP contribution in [-0.4, -0.2) is 70.5 Å². The number of amides is 2. The standard InChI is InChI=1S/C11H20N2O5/c14-6-7-8(15)9(16)10(18-7)13-5-3-1-2-4-12-11(13)17/h7-10,14-16H,1-6H2,(H,12,17)/t7-,8-,9-,10?/m1/s1. The molecule has 1 unspecified atom stereocenters. The summed E-state index contributed by atoms with van der Waals surface area (Å²) >= 11 is 0. The second-order valence-corrected chi connectivity index (χ2v) is 4.71. The smallest absolute Gasteiger partial charge is 0.319 e. The molecule has 2 aliphatic heterocycles. The highest BCUT2D eigenvalue weighted by Gasteiger charge is 2.46. The second kappa shape index (κ2) is 5.83. The number of hydrogen-bond donors (Lipinski definition) is 4. The van der Waals surface area contributed by atoms with E-state index in [2.05, 4.69) is 5.32 Å². The zero-order valence-corrected chi connectivity index (χ0v) is 10.2. The Bertz CT molecular complexity index is 301. The van der Waals surface area contributed by atoms with Gasteiger partial charge in [-0.25, -0.2) is 4.79 Å². The highest BCUT2D eigenvalue weighted by atomic mass is 16.6. The van der Waals surface area contributed by atoms with Gasteiger partial charge in [-0.05, 0) is 19.3 Å². The molecule has 0 aromatic carbocycles. The predicted octanol–water partition coefficient (Wildman–Crippen LogP) is -1.38. The minimum absolute atomic E-state index is 0.301. The summed E-state index contributed by atoms with van der Waals surface area (Å²) in [7, 11) is 0. The van der Waals surface area contributed by atoms with Gasteiger partial charge >= 0.3 is 6.03 Å². The molecule has 104 valence electrons. The van der Waals surface area contributed by atoms with Crippen molar-refractivity contribution in [2.75, 3.05) is 19.7 Å². The van der Waals surface area contributed by atoms with E-state index in [0.29, 0.717) is 13.1 Å². The van der Waals surface area contributed by atoms with Crippen molar-refractivity contribution in [3.63, 3.8) is 0 Å². The number of carbonyl (C=O) groups excluding carboxylic acids is 1. The van der Waals surface area contributed by atoms with Crippen LogP contribution in [0.1, 0.15) is 19.3 Å². The Morgan fingerprint density at radius 2 is 2.06 bits per heavy atom. The molecule has 0 aliphatic carbocycles. The van der Waals surface area contributed by atoms with Gasteiger partial charge in [0, 0.05) is 13.1 Å². The van der Waals surface area contributed by atoms with E-state index in [1.165, 1.54) is 4.90 Å². The number of carbonyl (C=O) groups is 1. The highest BCUT2D eigenvalue weighted by molar-refractivity contribution is 5.74. The quantitative estimate of drug-likeness (QED) is 0.490. The Morgan fingerprint density at radius 1 is 1.28 bits per heavy atom. The fourth-order valence-corrected chi connectivity index (χ4v) is 2.36. The van der Waals surface area contributed by atoms with Gasteiger partial charge < -0.3 is 25.4 Å². The number of nitrogens with one attached hydrogen (secondary N) is 1. The number of aliphatic hydroxyl groups is 3. The van der Waals surface area contributed by atoms with Crippen LogP contribution in [0.4, 0.5) is 4.79 Å². The van der Waals surface area contributed by atoms with Gasteiger partial charge in [-0.15, -0.1) is 0 Å². The average Bonchev–Trinajstić information content (AvgIpc) is 2.62. The van der Waals surface area contributed by atoms with Crippen LogP contribution in [0.15, 0.2) is 0 Å². The molecule has 0 aromatic rings. The number of ether oxygens (including phenoxy) is 1. The Morgan fingerprint density at radius 3 is 2.72 bits per heavy atom. The molecule has 4 N–H and O–H groups in total. The lowest BCUT2D eigenvalue weighted by atomic mass is 10.1. The fourth-order valence-electron chi connectivity index (χ4n) is 2.36. The van der Waals surface area contributed by atoms with Gasteiger partial charge in [0.1, 0.15) is 18.3 Å². The van der Waals surface area contributed by atoms with Gasteiger partial charge in [0.25, 0.3) is 0 Å².